The summed E-state index contributed by atoms with van der Waals surface area (Å²) in [5, 5.41) is 3.40. The first-order valence-electron chi connectivity index (χ1n) is 7.35. The van der Waals surface area contributed by atoms with Crippen molar-refractivity contribution < 1.29 is 14.2 Å². The molecule has 0 bridgehead atoms. The fraction of sp³-hybridized carbons (Fsp3) is 0.625. The Morgan fingerprint density at radius 1 is 1.10 bits per heavy atom. The zero-order valence-corrected chi connectivity index (χ0v) is 13.1. The summed E-state index contributed by atoms with van der Waals surface area (Å²) in [7, 11) is 1.69. The predicted molar refractivity (Wildman–Crippen MR) is 81.7 cm³/mol. The lowest BCUT2D eigenvalue weighted by Crippen LogP contribution is -2.20. The van der Waals surface area contributed by atoms with E-state index in [1.807, 2.05) is 18.2 Å². The van der Waals surface area contributed by atoms with Crippen LogP contribution in [0, 0.1) is 0 Å². The average molecular weight is 281 g/mol. The molecule has 1 unspecified atom stereocenters. The van der Waals surface area contributed by atoms with Crippen LogP contribution >= 0.6 is 0 Å². The quantitative estimate of drug-likeness (QED) is 0.669. The molecule has 0 amide bonds. The molecule has 4 heteroatoms. The van der Waals surface area contributed by atoms with Gasteiger partial charge >= 0.3 is 0 Å². The number of methoxy groups -OCH3 is 1. The zero-order chi connectivity index (χ0) is 14.8. The van der Waals surface area contributed by atoms with Gasteiger partial charge in [-0.25, -0.2) is 0 Å². The smallest absolute Gasteiger partial charge is 0.127 e. The van der Waals surface area contributed by atoms with Gasteiger partial charge in [0.1, 0.15) is 18.1 Å². The topological polar surface area (TPSA) is 39.7 Å². The van der Waals surface area contributed by atoms with Crippen LogP contribution in [0.2, 0.25) is 0 Å². The Labute approximate surface area is 122 Å². The molecular formula is C16H27NO3. The van der Waals surface area contributed by atoms with Crippen molar-refractivity contribution in [1.29, 1.82) is 0 Å². The van der Waals surface area contributed by atoms with E-state index >= 15 is 0 Å². The molecule has 1 aromatic carbocycles. The van der Waals surface area contributed by atoms with Gasteiger partial charge in [-0.15, -0.1) is 0 Å². The van der Waals surface area contributed by atoms with Gasteiger partial charge in [0.25, 0.3) is 0 Å². The third-order valence-corrected chi connectivity index (χ3v) is 3.02. The minimum absolute atomic E-state index is 0.183. The summed E-state index contributed by atoms with van der Waals surface area (Å²) in [4.78, 5) is 0. The van der Waals surface area contributed by atoms with Crippen LogP contribution in [0.4, 0.5) is 0 Å². The Bertz CT molecular complexity index is 382. The highest BCUT2D eigenvalue weighted by Gasteiger charge is 2.16. The highest BCUT2D eigenvalue weighted by atomic mass is 16.5. The Balaban J connectivity index is 2.73. The van der Waals surface area contributed by atoms with Gasteiger partial charge in [0.05, 0.1) is 19.3 Å². The van der Waals surface area contributed by atoms with Gasteiger partial charge in [-0.2, -0.15) is 0 Å². The van der Waals surface area contributed by atoms with Crippen LogP contribution in [0.25, 0.3) is 0 Å². The minimum Gasteiger partial charge on any atom is -0.496 e. The molecule has 1 atom stereocenters. The Kier molecular flexibility index (Phi) is 8.07. The maximum absolute atomic E-state index is 5.85. The lowest BCUT2D eigenvalue weighted by atomic mass is 10.1. The van der Waals surface area contributed by atoms with Crippen molar-refractivity contribution >= 4 is 0 Å². The summed E-state index contributed by atoms with van der Waals surface area (Å²) in [5.74, 6) is 1.71. The molecule has 1 N–H and O–H groups in total. The highest BCUT2D eigenvalue weighted by Crippen LogP contribution is 2.33. The van der Waals surface area contributed by atoms with Crippen molar-refractivity contribution in [1.82, 2.24) is 5.32 Å². The summed E-state index contributed by atoms with van der Waals surface area (Å²) in [6, 6.07) is 6.07. The van der Waals surface area contributed by atoms with Crippen molar-refractivity contribution in [2.24, 2.45) is 0 Å². The van der Waals surface area contributed by atoms with Gasteiger partial charge in [-0.3, -0.25) is 0 Å². The molecule has 0 heterocycles. The molecule has 1 rings (SSSR count). The molecule has 0 fully saturated rings. The third kappa shape index (κ3) is 5.02. The molecule has 0 aliphatic rings. The van der Waals surface area contributed by atoms with Gasteiger partial charge < -0.3 is 19.5 Å². The summed E-state index contributed by atoms with van der Waals surface area (Å²) in [6.45, 7) is 9.14. The predicted octanol–water partition coefficient (Wildman–Crippen LogP) is 3.17. The van der Waals surface area contributed by atoms with Crippen molar-refractivity contribution in [2.75, 3.05) is 33.5 Å². The molecule has 0 aliphatic heterocycles. The van der Waals surface area contributed by atoms with Crippen LogP contribution in [-0.2, 0) is 4.74 Å². The fourth-order valence-corrected chi connectivity index (χ4v) is 2.12. The molecule has 0 radical (unpaired) electrons. The molecule has 114 valence electrons. The number of nitrogens with one attached hydrogen (secondary N) is 1. The van der Waals surface area contributed by atoms with E-state index in [-0.39, 0.29) is 6.04 Å². The lowest BCUT2D eigenvalue weighted by molar-refractivity contribution is 0.0999. The average Bonchev–Trinajstić information content (AvgIpc) is 2.46. The molecular weight excluding hydrogens is 254 g/mol. The lowest BCUT2D eigenvalue weighted by Gasteiger charge is -2.20. The summed E-state index contributed by atoms with van der Waals surface area (Å²) in [6.07, 6.45) is 1.03. The van der Waals surface area contributed by atoms with Gasteiger partial charge in [0, 0.05) is 12.6 Å². The molecule has 1 aromatic rings. The van der Waals surface area contributed by atoms with Crippen molar-refractivity contribution in [3.63, 3.8) is 0 Å². The Morgan fingerprint density at radius 2 is 1.85 bits per heavy atom. The van der Waals surface area contributed by atoms with Crippen LogP contribution in [0.5, 0.6) is 11.5 Å². The van der Waals surface area contributed by atoms with E-state index < -0.39 is 0 Å². The second kappa shape index (κ2) is 9.61. The van der Waals surface area contributed by atoms with Crippen molar-refractivity contribution in [3.8, 4) is 11.5 Å². The van der Waals surface area contributed by atoms with Crippen LogP contribution < -0.4 is 14.8 Å². The van der Waals surface area contributed by atoms with Gasteiger partial charge in [0.2, 0.25) is 0 Å². The van der Waals surface area contributed by atoms with Crippen LogP contribution in [0.3, 0.4) is 0 Å². The van der Waals surface area contributed by atoms with Crippen LogP contribution in [0.1, 0.15) is 38.8 Å². The minimum atomic E-state index is 0.183. The molecule has 0 saturated heterocycles. The first-order chi connectivity index (χ1) is 9.74. The molecule has 20 heavy (non-hydrogen) atoms. The summed E-state index contributed by atoms with van der Waals surface area (Å²) >= 11 is 0. The first kappa shape index (κ1) is 16.8. The number of hydrogen-bond acceptors (Lipinski definition) is 4. The second-order valence-corrected chi connectivity index (χ2v) is 4.61. The number of hydrogen-bond donors (Lipinski definition) is 1. The van der Waals surface area contributed by atoms with Crippen molar-refractivity contribution in [3.05, 3.63) is 23.8 Å². The van der Waals surface area contributed by atoms with E-state index in [1.165, 1.54) is 0 Å². The summed E-state index contributed by atoms with van der Waals surface area (Å²) < 4.78 is 16.7. The van der Waals surface area contributed by atoms with Gasteiger partial charge in [0.15, 0.2) is 0 Å². The standard InChI is InChI=1S/C16H27NO3/c1-5-10-19-11-12-20-15-9-7-8-14(18-4)16(15)13(3)17-6-2/h7-9,13,17H,5-6,10-12H2,1-4H3. The van der Waals surface area contributed by atoms with Crippen LogP contribution in [0.15, 0.2) is 18.2 Å². The van der Waals surface area contributed by atoms with E-state index in [0.717, 1.165) is 36.6 Å². The molecule has 0 aliphatic carbocycles. The van der Waals surface area contributed by atoms with E-state index in [0.29, 0.717) is 13.2 Å². The van der Waals surface area contributed by atoms with Crippen LogP contribution in [-0.4, -0.2) is 33.5 Å². The van der Waals surface area contributed by atoms with E-state index in [1.54, 1.807) is 7.11 Å². The van der Waals surface area contributed by atoms with E-state index in [9.17, 15) is 0 Å². The van der Waals surface area contributed by atoms with Gasteiger partial charge in [-0.1, -0.05) is 19.9 Å². The maximum atomic E-state index is 5.85. The Hall–Kier alpha value is -1.26. The highest BCUT2D eigenvalue weighted by molar-refractivity contribution is 5.46. The first-order valence-corrected chi connectivity index (χ1v) is 7.35. The van der Waals surface area contributed by atoms with Gasteiger partial charge in [-0.05, 0) is 32.0 Å². The second-order valence-electron chi connectivity index (χ2n) is 4.61. The molecule has 0 aromatic heterocycles. The molecule has 0 spiro atoms. The number of ether oxygens (including phenoxy) is 3. The fourth-order valence-electron chi connectivity index (χ4n) is 2.12. The SMILES string of the molecule is CCCOCCOc1cccc(OC)c1C(C)NCC. The molecule has 4 nitrogen and oxygen atoms in total. The summed E-state index contributed by atoms with van der Waals surface area (Å²) in [5.41, 5.74) is 1.06. The normalized spacial score (nSPS) is 12.2. The Morgan fingerprint density at radius 3 is 2.50 bits per heavy atom. The largest absolute Gasteiger partial charge is 0.496 e. The molecule has 0 saturated carbocycles. The number of benzene rings is 1. The zero-order valence-electron chi connectivity index (χ0n) is 13.1. The maximum Gasteiger partial charge on any atom is 0.127 e. The van der Waals surface area contributed by atoms with Crippen molar-refractivity contribution in [2.45, 2.75) is 33.2 Å². The number of rotatable bonds is 10. The monoisotopic (exact) mass is 281 g/mol. The third-order valence-electron chi connectivity index (χ3n) is 3.02. The van der Waals surface area contributed by atoms with E-state index in [2.05, 4.69) is 26.1 Å². The van der Waals surface area contributed by atoms with E-state index in [4.69, 9.17) is 14.2 Å².